The number of ether oxygens (including phenoxy) is 1. The highest BCUT2D eigenvalue weighted by atomic mass is 16.5. The lowest BCUT2D eigenvalue weighted by atomic mass is 10.1. The standard InChI is InChI=1S/C28H37N13O/c1-5-38-8-6-23(7-9-38)40-17-21(13-33-40)20(2)12-31-28(29-3)39-10-11-42-24(18-39)19-41-27-26(35-36-41)30-15-25(34-27)22-14-32-37(4)16-22/h12-17,23-24H,3,5-11,18-19H2,1-2,4H3/b20-12+,31-28?/t24-/m0/s1. The molecule has 0 spiro atoms. The highest BCUT2D eigenvalue weighted by Gasteiger charge is 2.25. The summed E-state index contributed by atoms with van der Waals surface area (Å²) in [5.74, 6) is 0.559. The van der Waals surface area contributed by atoms with Crippen molar-refractivity contribution >= 4 is 29.5 Å². The SMILES string of the molecule is C=NC(=N/C=C(\C)c1cnn(C2CCN(CC)CC2)c1)N1CCO[C@H](Cn2nnc3ncc(-c4cnn(C)c4)nc32)C1. The normalized spacial score (nSPS) is 19.6. The van der Waals surface area contributed by atoms with Gasteiger partial charge in [-0.25, -0.2) is 24.6 Å². The molecule has 2 aliphatic heterocycles. The predicted octanol–water partition coefficient (Wildman–Crippen LogP) is 2.29. The van der Waals surface area contributed by atoms with Gasteiger partial charge in [0.2, 0.25) is 11.6 Å². The molecule has 6 heterocycles. The Hall–Kier alpha value is -4.30. The molecule has 6 rings (SSSR count). The second kappa shape index (κ2) is 12.3. The monoisotopic (exact) mass is 571 g/mol. The van der Waals surface area contributed by atoms with E-state index < -0.39 is 0 Å². The van der Waals surface area contributed by atoms with Crippen molar-refractivity contribution in [2.75, 3.05) is 39.3 Å². The Kier molecular flexibility index (Phi) is 8.15. The number of aliphatic imine (C=N–C) groups is 2. The molecule has 14 heteroatoms. The van der Waals surface area contributed by atoms with Crippen molar-refractivity contribution in [1.29, 1.82) is 0 Å². The van der Waals surface area contributed by atoms with Crippen LogP contribution in [0.2, 0.25) is 0 Å². The van der Waals surface area contributed by atoms with Gasteiger partial charge in [0.1, 0.15) is 0 Å². The first-order valence-corrected chi connectivity index (χ1v) is 14.4. The fourth-order valence-corrected chi connectivity index (χ4v) is 5.47. The summed E-state index contributed by atoms with van der Waals surface area (Å²) in [6.07, 6.45) is 13.3. The lowest BCUT2D eigenvalue weighted by molar-refractivity contribution is -0.0160. The molecule has 0 bridgehead atoms. The first kappa shape index (κ1) is 27.8. The van der Waals surface area contributed by atoms with E-state index in [-0.39, 0.29) is 6.10 Å². The van der Waals surface area contributed by atoms with Crippen LogP contribution in [0.1, 0.15) is 38.3 Å². The van der Waals surface area contributed by atoms with E-state index in [0.29, 0.717) is 55.2 Å². The van der Waals surface area contributed by atoms with Crippen LogP contribution in [-0.2, 0) is 18.3 Å². The predicted molar refractivity (Wildman–Crippen MR) is 160 cm³/mol. The largest absolute Gasteiger partial charge is 0.373 e. The Morgan fingerprint density at radius 2 is 2.00 bits per heavy atom. The number of guanidine groups is 1. The molecular weight excluding hydrogens is 534 g/mol. The number of aryl methyl sites for hydroxylation is 1. The van der Waals surface area contributed by atoms with Gasteiger partial charge in [-0.3, -0.25) is 9.36 Å². The van der Waals surface area contributed by atoms with Crippen LogP contribution in [-0.4, -0.2) is 112 Å². The van der Waals surface area contributed by atoms with Gasteiger partial charge in [-0.15, -0.1) is 5.10 Å². The smallest absolute Gasteiger partial charge is 0.224 e. The minimum absolute atomic E-state index is 0.165. The molecule has 0 unspecified atom stereocenters. The molecule has 2 fully saturated rings. The number of hydrogen-bond donors (Lipinski definition) is 0. The van der Waals surface area contributed by atoms with E-state index in [9.17, 15) is 0 Å². The van der Waals surface area contributed by atoms with Crippen LogP contribution < -0.4 is 0 Å². The van der Waals surface area contributed by atoms with Crippen molar-refractivity contribution < 1.29 is 4.74 Å². The van der Waals surface area contributed by atoms with Crippen molar-refractivity contribution in [1.82, 2.24) is 54.3 Å². The van der Waals surface area contributed by atoms with E-state index in [2.05, 4.69) is 64.8 Å². The summed E-state index contributed by atoms with van der Waals surface area (Å²) in [6.45, 7) is 13.6. The molecule has 2 aliphatic rings. The Morgan fingerprint density at radius 3 is 2.76 bits per heavy atom. The highest BCUT2D eigenvalue weighted by molar-refractivity contribution is 5.85. The number of hydrogen-bond acceptors (Lipinski definition) is 9. The minimum Gasteiger partial charge on any atom is -0.373 e. The van der Waals surface area contributed by atoms with Gasteiger partial charge in [0.05, 0.1) is 49.6 Å². The average molecular weight is 572 g/mol. The molecule has 4 aromatic heterocycles. The number of aromatic nitrogens is 9. The van der Waals surface area contributed by atoms with E-state index in [1.807, 2.05) is 32.6 Å². The number of rotatable bonds is 7. The molecule has 0 N–H and O–H groups in total. The van der Waals surface area contributed by atoms with Crippen molar-refractivity contribution in [3.63, 3.8) is 0 Å². The van der Waals surface area contributed by atoms with Crippen molar-refractivity contribution in [3.05, 3.63) is 42.7 Å². The second-order valence-electron chi connectivity index (χ2n) is 10.8. The fraction of sp³-hybridized carbons (Fsp3) is 0.500. The van der Waals surface area contributed by atoms with Crippen LogP contribution in [0.25, 0.3) is 28.1 Å². The third kappa shape index (κ3) is 5.99. The third-order valence-corrected chi connectivity index (χ3v) is 7.98. The average Bonchev–Trinajstić information content (AvgIpc) is 3.78. The molecule has 1 atom stereocenters. The maximum atomic E-state index is 6.07. The van der Waals surface area contributed by atoms with Crippen molar-refractivity contribution in [2.24, 2.45) is 17.0 Å². The van der Waals surface area contributed by atoms with Gasteiger partial charge in [0.25, 0.3) is 0 Å². The molecule has 14 nitrogen and oxygen atoms in total. The summed E-state index contributed by atoms with van der Waals surface area (Å²) in [5, 5.41) is 17.4. The van der Waals surface area contributed by atoms with Crippen LogP contribution >= 0.6 is 0 Å². The van der Waals surface area contributed by atoms with Crippen molar-refractivity contribution in [3.8, 4) is 11.3 Å². The molecule has 4 aromatic rings. The second-order valence-corrected chi connectivity index (χ2v) is 10.8. The van der Waals surface area contributed by atoms with Gasteiger partial charge in [-0.05, 0) is 38.6 Å². The molecule has 0 radical (unpaired) electrons. The molecule has 0 saturated carbocycles. The lowest BCUT2D eigenvalue weighted by Gasteiger charge is -2.33. The third-order valence-electron chi connectivity index (χ3n) is 7.98. The Balaban J connectivity index is 1.12. The van der Waals surface area contributed by atoms with Crippen LogP contribution in [0.5, 0.6) is 0 Å². The van der Waals surface area contributed by atoms with Crippen molar-refractivity contribution in [2.45, 2.75) is 45.4 Å². The number of fused-ring (bicyclic) bond motifs is 1. The van der Waals surface area contributed by atoms with Gasteiger partial charge < -0.3 is 14.5 Å². The Labute approximate surface area is 244 Å². The number of nitrogens with zero attached hydrogens (tertiary/aromatic N) is 13. The molecule has 0 aromatic carbocycles. The molecular formula is C28H37N13O. The quantitative estimate of drug-likeness (QED) is 0.242. The minimum atomic E-state index is -0.165. The van der Waals surface area contributed by atoms with Gasteiger partial charge in [-0.1, -0.05) is 12.1 Å². The van der Waals surface area contributed by atoms with Gasteiger partial charge in [-0.2, -0.15) is 10.2 Å². The first-order chi connectivity index (χ1) is 20.5. The van der Waals surface area contributed by atoms with E-state index in [0.717, 1.165) is 49.2 Å². The van der Waals surface area contributed by atoms with E-state index in [1.165, 1.54) is 0 Å². The zero-order valence-corrected chi connectivity index (χ0v) is 24.4. The summed E-state index contributed by atoms with van der Waals surface area (Å²) in [7, 11) is 1.87. The molecule has 220 valence electrons. The number of piperidine rings is 1. The fourth-order valence-electron chi connectivity index (χ4n) is 5.47. The van der Waals surface area contributed by atoms with E-state index >= 15 is 0 Å². The van der Waals surface area contributed by atoms with Crippen LogP contribution in [0.15, 0.2) is 47.2 Å². The topological polar surface area (TPSA) is 133 Å². The zero-order valence-electron chi connectivity index (χ0n) is 24.4. The first-order valence-electron chi connectivity index (χ1n) is 14.4. The zero-order chi connectivity index (χ0) is 29.1. The van der Waals surface area contributed by atoms with Crippen LogP contribution in [0.3, 0.4) is 0 Å². The Morgan fingerprint density at radius 1 is 1.14 bits per heavy atom. The summed E-state index contributed by atoms with van der Waals surface area (Å²) in [5.41, 5.74) is 4.76. The van der Waals surface area contributed by atoms with Crippen LogP contribution in [0.4, 0.5) is 0 Å². The summed E-state index contributed by atoms with van der Waals surface area (Å²) in [6, 6.07) is 0.448. The molecule has 0 aliphatic carbocycles. The van der Waals surface area contributed by atoms with E-state index in [1.54, 1.807) is 21.8 Å². The summed E-state index contributed by atoms with van der Waals surface area (Å²) >= 11 is 0. The highest BCUT2D eigenvalue weighted by Crippen LogP contribution is 2.24. The summed E-state index contributed by atoms with van der Waals surface area (Å²) in [4.78, 5) is 22.7. The molecule has 42 heavy (non-hydrogen) atoms. The van der Waals surface area contributed by atoms with Gasteiger partial charge in [0, 0.05) is 62.9 Å². The maximum absolute atomic E-state index is 6.07. The number of allylic oxidation sites excluding steroid dienone is 1. The summed E-state index contributed by atoms with van der Waals surface area (Å²) < 4.78 is 11.7. The van der Waals surface area contributed by atoms with Crippen LogP contribution in [0, 0.1) is 0 Å². The molecule has 0 amide bonds. The lowest BCUT2D eigenvalue weighted by Crippen LogP contribution is -2.46. The van der Waals surface area contributed by atoms with Gasteiger partial charge in [0.15, 0.2) is 5.65 Å². The van der Waals surface area contributed by atoms with Gasteiger partial charge >= 0.3 is 0 Å². The number of likely N-dealkylation sites (tertiary alicyclic amines) is 1. The van der Waals surface area contributed by atoms with E-state index in [4.69, 9.17) is 14.7 Å². The number of morpholine rings is 1. The Bertz CT molecular complexity index is 1590. The maximum Gasteiger partial charge on any atom is 0.224 e. The molecule has 2 saturated heterocycles.